The van der Waals surface area contributed by atoms with Crippen molar-refractivity contribution in [2.24, 2.45) is 0 Å². The number of hydrogen-bond donors (Lipinski definition) is 2. The van der Waals surface area contributed by atoms with Crippen molar-refractivity contribution in [3.05, 3.63) is 71.4 Å². The number of aromatic nitrogens is 2. The Hall–Kier alpha value is -3.61. The maximum absolute atomic E-state index is 12.7. The number of hydrogen-bond acceptors (Lipinski definition) is 5. The van der Waals surface area contributed by atoms with Crippen LogP contribution in [0.2, 0.25) is 0 Å². The zero-order chi connectivity index (χ0) is 20.5. The van der Waals surface area contributed by atoms with Crippen LogP contribution < -0.4 is 4.74 Å². The molecule has 4 rings (SSSR count). The third-order valence-corrected chi connectivity index (χ3v) is 5.25. The molecule has 1 aliphatic rings. The van der Waals surface area contributed by atoms with E-state index in [1.807, 2.05) is 24.4 Å². The normalized spacial score (nSPS) is 16.7. The number of ether oxygens (including phenoxy) is 1. The molecule has 0 fully saturated rings. The van der Waals surface area contributed by atoms with E-state index >= 15 is 0 Å². The van der Waals surface area contributed by atoms with Crippen LogP contribution in [0.3, 0.4) is 0 Å². The summed E-state index contributed by atoms with van der Waals surface area (Å²) in [5.74, 6) is -0.636. The number of H-pyrrole nitrogens is 1. The Morgan fingerprint density at radius 1 is 1.31 bits per heavy atom. The number of rotatable bonds is 6. The number of fused-ring (bicyclic) bond motifs is 1. The number of carbonyl (C=O) groups is 2. The third-order valence-electron chi connectivity index (χ3n) is 5.25. The molecule has 3 heterocycles. The molecule has 0 spiro atoms. The fourth-order valence-corrected chi connectivity index (χ4v) is 3.82. The number of Topliss-reactive ketones (excluding diaryl/α,β-unsaturated/α-hetero) is 1. The van der Waals surface area contributed by atoms with Gasteiger partial charge < -0.3 is 19.7 Å². The van der Waals surface area contributed by atoms with Crippen molar-refractivity contribution >= 4 is 22.6 Å². The Morgan fingerprint density at radius 2 is 2.14 bits per heavy atom. The Balaban J connectivity index is 1.65. The first-order valence-electron chi connectivity index (χ1n) is 9.31. The van der Waals surface area contributed by atoms with Crippen molar-refractivity contribution in [3.63, 3.8) is 0 Å². The average Bonchev–Trinajstić information content (AvgIpc) is 3.25. The summed E-state index contributed by atoms with van der Waals surface area (Å²) in [6.07, 6.45) is 4.05. The van der Waals surface area contributed by atoms with Crippen molar-refractivity contribution < 1.29 is 19.4 Å². The van der Waals surface area contributed by atoms with Crippen LogP contribution in [0.5, 0.6) is 5.75 Å². The van der Waals surface area contributed by atoms with Gasteiger partial charge in [-0.15, -0.1) is 0 Å². The molecule has 0 saturated carbocycles. The van der Waals surface area contributed by atoms with E-state index < -0.39 is 17.7 Å². The highest BCUT2D eigenvalue weighted by Gasteiger charge is 2.42. The van der Waals surface area contributed by atoms with Gasteiger partial charge in [-0.05, 0) is 49.2 Å². The summed E-state index contributed by atoms with van der Waals surface area (Å²) in [7, 11) is 1.62. The molecule has 1 atom stereocenters. The van der Waals surface area contributed by atoms with Crippen LogP contribution in [-0.4, -0.2) is 45.3 Å². The predicted molar refractivity (Wildman–Crippen MR) is 108 cm³/mol. The van der Waals surface area contributed by atoms with E-state index in [1.54, 1.807) is 31.5 Å². The van der Waals surface area contributed by atoms with Crippen LogP contribution in [0.1, 0.15) is 24.2 Å². The molecule has 7 heteroatoms. The highest BCUT2D eigenvalue weighted by molar-refractivity contribution is 6.08. The van der Waals surface area contributed by atoms with Crippen molar-refractivity contribution in [2.75, 3.05) is 13.7 Å². The Labute approximate surface area is 167 Å². The zero-order valence-electron chi connectivity index (χ0n) is 16.2. The highest BCUT2D eigenvalue weighted by Crippen LogP contribution is 2.37. The van der Waals surface area contributed by atoms with Crippen LogP contribution in [0, 0.1) is 0 Å². The van der Waals surface area contributed by atoms with Crippen LogP contribution in [-0.2, 0) is 16.0 Å². The third kappa shape index (κ3) is 3.24. The van der Waals surface area contributed by atoms with Crippen molar-refractivity contribution in [2.45, 2.75) is 19.4 Å². The molecule has 1 aromatic carbocycles. The minimum absolute atomic E-state index is 0.0919. The largest absolute Gasteiger partial charge is 0.503 e. The average molecular weight is 391 g/mol. The van der Waals surface area contributed by atoms with Gasteiger partial charge in [0.1, 0.15) is 11.8 Å². The van der Waals surface area contributed by atoms with Gasteiger partial charge in [0.05, 0.1) is 18.4 Å². The molecule has 0 saturated heterocycles. The molecule has 2 N–H and O–H groups in total. The fraction of sp³-hybridized carbons (Fsp3) is 0.227. The number of methoxy groups -OCH3 is 1. The SMILES string of the molecule is COc1ccc2[nH]cc(CCN3C(=O)C(O)=C(C(C)=O)C3c3ccccn3)c2c1. The number of aliphatic hydroxyl groups excluding tert-OH is 1. The van der Waals surface area contributed by atoms with Crippen LogP contribution in [0.4, 0.5) is 0 Å². The maximum Gasteiger partial charge on any atom is 0.290 e. The van der Waals surface area contributed by atoms with Crippen LogP contribution >= 0.6 is 0 Å². The standard InChI is InChI=1S/C22H21N3O4/c1-13(26)19-20(18-5-3-4-9-23-18)25(22(28)21(19)27)10-8-14-12-24-17-7-6-15(29-2)11-16(14)17/h3-7,9,11-12,20,24,27H,8,10H2,1-2H3. The number of aromatic amines is 1. The van der Waals surface area contributed by atoms with Gasteiger partial charge in [-0.2, -0.15) is 0 Å². The number of nitrogens with zero attached hydrogens (tertiary/aromatic N) is 2. The van der Waals surface area contributed by atoms with E-state index in [4.69, 9.17) is 4.74 Å². The highest BCUT2D eigenvalue weighted by atomic mass is 16.5. The maximum atomic E-state index is 12.7. The Bertz CT molecular complexity index is 1120. The summed E-state index contributed by atoms with van der Waals surface area (Å²) in [5.41, 5.74) is 2.63. The Kier molecular flexibility index (Phi) is 4.80. The quantitative estimate of drug-likeness (QED) is 0.673. The topological polar surface area (TPSA) is 95.5 Å². The molecular weight excluding hydrogens is 370 g/mol. The second kappa shape index (κ2) is 7.43. The van der Waals surface area contributed by atoms with E-state index in [1.165, 1.54) is 11.8 Å². The monoisotopic (exact) mass is 391 g/mol. The van der Waals surface area contributed by atoms with Gasteiger partial charge in [-0.3, -0.25) is 14.6 Å². The summed E-state index contributed by atoms with van der Waals surface area (Å²) in [5, 5.41) is 11.4. The number of benzene rings is 1. The van der Waals surface area contributed by atoms with Gasteiger partial charge in [0.2, 0.25) is 0 Å². The number of amides is 1. The second-order valence-corrected chi connectivity index (χ2v) is 6.95. The fourth-order valence-electron chi connectivity index (χ4n) is 3.82. The smallest absolute Gasteiger partial charge is 0.290 e. The molecule has 1 unspecified atom stereocenters. The molecule has 7 nitrogen and oxygen atoms in total. The molecular formula is C22H21N3O4. The summed E-state index contributed by atoms with van der Waals surface area (Å²) >= 11 is 0. The van der Waals surface area contributed by atoms with Crippen molar-refractivity contribution in [1.82, 2.24) is 14.9 Å². The van der Waals surface area contributed by atoms with E-state index in [-0.39, 0.29) is 11.4 Å². The lowest BCUT2D eigenvalue weighted by molar-refractivity contribution is -0.129. The van der Waals surface area contributed by atoms with Crippen LogP contribution in [0.25, 0.3) is 10.9 Å². The molecule has 0 bridgehead atoms. The molecule has 2 aromatic heterocycles. The zero-order valence-corrected chi connectivity index (χ0v) is 16.2. The molecule has 0 aliphatic carbocycles. The van der Waals surface area contributed by atoms with Gasteiger partial charge in [0.25, 0.3) is 5.91 Å². The van der Waals surface area contributed by atoms with E-state index in [0.29, 0.717) is 18.7 Å². The lowest BCUT2D eigenvalue weighted by Crippen LogP contribution is -2.33. The first-order chi connectivity index (χ1) is 14.0. The number of nitrogens with one attached hydrogen (secondary N) is 1. The lowest BCUT2D eigenvalue weighted by Gasteiger charge is -2.25. The minimum atomic E-state index is -0.694. The molecule has 1 amide bonds. The number of carbonyl (C=O) groups excluding carboxylic acids is 2. The van der Waals surface area contributed by atoms with Crippen molar-refractivity contribution in [3.8, 4) is 5.75 Å². The van der Waals surface area contributed by atoms with Gasteiger partial charge in [-0.25, -0.2) is 0 Å². The summed E-state index contributed by atoms with van der Waals surface area (Å²) in [6, 6.07) is 10.4. The number of pyridine rings is 1. The molecule has 3 aromatic rings. The van der Waals surface area contributed by atoms with Crippen molar-refractivity contribution in [1.29, 1.82) is 0 Å². The molecule has 0 radical (unpaired) electrons. The number of aliphatic hydroxyl groups is 1. The summed E-state index contributed by atoms with van der Waals surface area (Å²) < 4.78 is 5.31. The van der Waals surface area contributed by atoms with E-state index in [2.05, 4.69) is 9.97 Å². The molecule has 29 heavy (non-hydrogen) atoms. The van der Waals surface area contributed by atoms with E-state index in [9.17, 15) is 14.7 Å². The molecule has 1 aliphatic heterocycles. The number of ketones is 1. The first kappa shape index (κ1) is 18.7. The predicted octanol–water partition coefficient (Wildman–Crippen LogP) is 3.10. The molecule has 148 valence electrons. The second-order valence-electron chi connectivity index (χ2n) is 6.95. The van der Waals surface area contributed by atoms with Gasteiger partial charge in [0, 0.05) is 29.8 Å². The first-order valence-corrected chi connectivity index (χ1v) is 9.31. The minimum Gasteiger partial charge on any atom is -0.503 e. The van der Waals surface area contributed by atoms with E-state index in [0.717, 1.165) is 22.2 Å². The van der Waals surface area contributed by atoms with Crippen LogP contribution in [0.15, 0.2) is 60.1 Å². The lowest BCUT2D eigenvalue weighted by atomic mass is 10.0. The van der Waals surface area contributed by atoms with Gasteiger partial charge in [-0.1, -0.05) is 6.07 Å². The van der Waals surface area contributed by atoms with Gasteiger partial charge >= 0.3 is 0 Å². The summed E-state index contributed by atoms with van der Waals surface area (Å²) in [6.45, 7) is 1.68. The Morgan fingerprint density at radius 3 is 2.83 bits per heavy atom. The summed E-state index contributed by atoms with van der Waals surface area (Å²) in [4.78, 5) is 33.9. The van der Waals surface area contributed by atoms with Gasteiger partial charge in [0.15, 0.2) is 11.5 Å².